The van der Waals surface area contributed by atoms with E-state index in [2.05, 4.69) is 5.32 Å². The number of rotatable bonds is 3. The Balaban J connectivity index is 2.26. The lowest BCUT2D eigenvalue weighted by atomic mass is 10.1. The van der Waals surface area contributed by atoms with Gasteiger partial charge in [0, 0.05) is 0 Å². The van der Waals surface area contributed by atoms with Crippen molar-refractivity contribution in [2.24, 2.45) is 0 Å². The maximum atomic E-state index is 12.8. The first-order valence-electron chi connectivity index (χ1n) is 5.10. The Kier molecular flexibility index (Phi) is 3.52. The molecule has 2 aromatic rings. The maximum absolute atomic E-state index is 12.8. The Bertz CT molecular complexity index is 523. The lowest BCUT2D eigenvalue weighted by Gasteiger charge is -2.15. The van der Waals surface area contributed by atoms with Gasteiger partial charge in [-0.15, -0.1) is 0 Å². The Morgan fingerprint density at radius 3 is 2.56 bits per heavy atom. The molecule has 0 aliphatic rings. The van der Waals surface area contributed by atoms with Gasteiger partial charge in [0.15, 0.2) is 0 Å². The Hall–Kier alpha value is -1.62. The van der Waals surface area contributed by atoms with Crippen molar-refractivity contribution in [1.29, 1.82) is 0 Å². The van der Waals surface area contributed by atoms with E-state index in [1.807, 2.05) is 0 Å². The summed E-state index contributed by atoms with van der Waals surface area (Å²) in [4.78, 5) is 0. The summed E-state index contributed by atoms with van der Waals surface area (Å²) in [7, 11) is 0. The lowest BCUT2D eigenvalue weighted by molar-refractivity contribution is -0.137. The quantitative estimate of drug-likeness (QED) is 0.888. The standard InChI is InChI=1S/C12H9ClF3NO/c13-10-5-1-4-9(12(14,15)16)11(10)17-7-8-3-2-6-18-8/h1-6,17H,7H2. The van der Waals surface area contributed by atoms with E-state index in [9.17, 15) is 13.2 Å². The molecule has 18 heavy (non-hydrogen) atoms. The van der Waals surface area contributed by atoms with Crippen molar-refractivity contribution >= 4 is 17.3 Å². The number of para-hydroxylation sites is 1. The number of nitrogens with one attached hydrogen (secondary N) is 1. The monoisotopic (exact) mass is 275 g/mol. The minimum absolute atomic E-state index is 0.0244. The zero-order chi connectivity index (χ0) is 13.2. The van der Waals surface area contributed by atoms with E-state index in [-0.39, 0.29) is 17.3 Å². The van der Waals surface area contributed by atoms with Crippen LogP contribution in [0.5, 0.6) is 0 Å². The molecule has 0 bridgehead atoms. The lowest BCUT2D eigenvalue weighted by Crippen LogP contribution is -2.11. The van der Waals surface area contributed by atoms with Crippen molar-refractivity contribution < 1.29 is 17.6 Å². The molecule has 1 N–H and O–H groups in total. The van der Waals surface area contributed by atoms with Crippen molar-refractivity contribution in [3.63, 3.8) is 0 Å². The summed E-state index contributed by atoms with van der Waals surface area (Å²) in [5.41, 5.74) is -0.926. The highest BCUT2D eigenvalue weighted by Crippen LogP contribution is 2.38. The highest BCUT2D eigenvalue weighted by atomic mass is 35.5. The summed E-state index contributed by atoms with van der Waals surface area (Å²) >= 11 is 5.78. The number of furan rings is 1. The SMILES string of the molecule is FC(F)(F)c1cccc(Cl)c1NCc1ccco1. The predicted octanol–water partition coefficient (Wildman–Crippen LogP) is 4.56. The average Bonchev–Trinajstić information content (AvgIpc) is 2.78. The summed E-state index contributed by atoms with van der Waals surface area (Å²) in [6.45, 7) is 0.139. The molecule has 0 aliphatic heterocycles. The molecule has 1 heterocycles. The summed E-state index contributed by atoms with van der Waals surface area (Å²) in [5, 5.41) is 2.67. The Morgan fingerprint density at radius 2 is 1.94 bits per heavy atom. The molecule has 6 heteroatoms. The Labute approximate surface area is 106 Å². The molecule has 2 rings (SSSR count). The van der Waals surface area contributed by atoms with Gasteiger partial charge in [-0.05, 0) is 24.3 Å². The highest BCUT2D eigenvalue weighted by molar-refractivity contribution is 6.33. The van der Waals surface area contributed by atoms with Crippen molar-refractivity contribution in [2.45, 2.75) is 12.7 Å². The van der Waals surface area contributed by atoms with Crippen LogP contribution in [-0.2, 0) is 12.7 Å². The molecule has 1 aromatic heterocycles. The molecule has 1 aromatic carbocycles. The molecule has 0 amide bonds. The maximum Gasteiger partial charge on any atom is 0.418 e. The van der Waals surface area contributed by atoms with Crippen LogP contribution in [0.1, 0.15) is 11.3 Å². The summed E-state index contributed by atoms with van der Waals surface area (Å²) in [6.07, 6.45) is -3.00. The van der Waals surface area contributed by atoms with Crippen LogP contribution in [0.4, 0.5) is 18.9 Å². The second-order valence-corrected chi connectivity index (χ2v) is 4.00. The van der Waals surface area contributed by atoms with E-state index >= 15 is 0 Å². The first-order valence-corrected chi connectivity index (χ1v) is 5.48. The van der Waals surface area contributed by atoms with Gasteiger partial charge in [-0.1, -0.05) is 17.7 Å². The third kappa shape index (κ3) is 2.79. The summed E-state index contributed by atoms with van der Waals surface area (Å²) in [5.74, 6) is 0.531. The van der Waals surface area contributed by atoms with Crippen molar-refractivity contribution in [1.82, 2.24) is 0 Å². The molecule has 0 fully saturated rings. The van der Waals surface area contributed by atoms with Gasteiger partial charge < -0.3 is 9.73 Å². The molecule has 0 aliphatic carbocycles. The fourth-order valence-corrected chi connectivity index (χ4v) is 1.77. The van der Waals surface area contributed by atoms with Gasteiger partial charge in [0.25, 0.3) is 0 Å². The number of hydrogen-bond donors (Lipinski definition) is 1. The van der Waals surface area contributed by atoms with Crippen LogP contribution in [0.3, 0.4) is 0 Å². The molecule has 96 valence electrons. The van der Waals surface area contributed by atoms with Gasteiger partial charge in [0.05, 0.1) is 29.1 Å². The number of hydrogen-bond acceptors (Lipinski definition) is 2. The summed E-state index contributed by atoms with van der Waals surface area (Å²) in [6, 6.07) is 6.98. The van der Waals surface area contributed by atoms with Gasteiger partial charge in [0.2, 0.25) is 0 Å². The number of halogens is 4. The largest absolute Gasteiger partial charge is 0.467 e. The third-order valence-corrected chi connectivity index (χ3v) is 2.65. The fraction of sp³-hybridized carbons (Fsp3) is 0.167. The fourth-order valence-electron chi connectivity index (χ4n) is 1.53. The van der Waals surface area contributed by atoms with Crippen LogP contribution in [0, 0.1) is 0 Å². The van der Waals surface area contributed by atoms with Gasteiger partial charge in [-0.3, -0.25) is 0 Å². The molecular formula is C12H9ClF3NO. The second-order valence-electron chi connectivity index (χ2n) is 3.59. The molecule has 0 saturated carbocycles. The number of benzene rings is 1. The third-order valence-electron chi connectivity index (χ3n) is 2.34. The van der Waals surface area contributed by atoms with Crippen molar-refractivity contribution in [2.75, 3.05) is 5.32 Å². The van der Waals surface area contributed by atoms with Crippen LogP contribution in [0.25, 0.3) is 0 Å². The van der Waals surface area contributed by atoms with Crippen LogP contribution in [0.15, 0.2) is 41.0 Å². The van der Waals surface area contributed by atoms with Gasteiger partial charge in [0.1, 0.15) is 5.76 Å². The second kappa shape index (κ2) is 4.94. The first-order chi connectivity index (χ1) is 8.48. The zero-order valence-corrected chi connectivity index (χ0v) is 9.85. The van der Waals surface area contributed by atoms with Gasteiger partial charge in [-0.25, -0.2) is 0 Å². The zero-order valence-electron chi connectivity index (χ0n) is 9.09. The van der Waals surface area contributed by atoms with E-state index in [4.69, 9.17) is 16.0 Å². The van der Waals surface area contributed by atoms with Crippen LogP contribution in [0.2, 0.25) is 5.02 Å². The minimum Gasteiger partial charge on any atom is -0.467 e. The van der Waals surface area contributed by atoms with Gasteiger partial charge >= 0.3 is 6.18 Å². The van der Waals surface area contributed by atoms with E-state index in [0.29, 0.717) is 5.76 Å². The van der Waals surface area contributed by atoms with Crippen LogP contribution >= 0.6 is 11.6 Å². The van der Waals surface area contributed by atoms with E-state index < -0.39 is 11.7 Å². The molecule has 0 atom stereocenters. The van der Waals surface area contributed by atoms with E-state index in [0.717, 1.165) is 6.07 Å². The van der Waals surface area contributed by atoms with E-state index in [1.54, 1.807) is 12.1 Å². The average molecular weight is 276 g/mol. The molecule has 0 saturated heterocycles. The van der Waals surface area contributed by atoms with Crippen molar-refractivity contribution in [3.05, 3.63) is 52.9 Å². The predicted molar refractivity (Wildman–Crippen MR) is 62.5 cm³/mol. The highest BCUT2D eigenvalue weighted by Gasteiger charge is 2.34. The van der Waals surface area contributed by atoms with E-state index in [1.165, 1.54) is 18.4 Å². The van der Waals surface area contributed by atoms with Crippen LogP contribution in [-0.4, -0.2) is 0 Å². The minimum atomic E-state index is -4.45. The molecule has 0 unspecified atom stereocenters. The summed E-state index contributed by atoms with van der Waals surface area (Å²) < 4.78 is 43.3. The Morgan fingerprint density at radius 1 is 1.17 bits per heavy atom. The molecule has 0 radical (unpaired) electrons. The van der Waals surface area contributed by atoms with Gasteiger partial charge in [-0.2, -0.15) is 13.2 Å². The smallest absolute Gasteiger partial charge is 0.418 e. The number of anilines is 1. The normalized spacial score (nSPS) is 11.6. The van der Waals surface area contributed by atoms with Crippen molar-refractivity contribution in [3.8, 4) is 0 Å². The molecular weight excluding hydrogens is 267 g/mol. The molecule has 0 spiro atoms. The molecule has 2 nitrogen and oxygen atoms in total. The number of alkyl halides is 3. The van der Waals surface area contributed by atoms with Crippen LogP contribution < -0.4 is 5.32 Å². The topological polar surface area (TPSA) is 25.2 Å². The first kappa shape index (κ1) is 12.8.